The molecule has 0 amide bonds. The van der Waals surface area contributed by atoms with Crippen molar-refractivity contribution in [1.82, 2.24) is 0 Å². The SMILES string of the molecule is C1=CCC(P[C@@H]2C=CC=CC2)C=C1. The molecular weight excluding hydrogens is 175 g/mol. The van der Waals surface area contributed by atoms with Gasteiger partial charge < -0.3 is 0 Å². The fourth-order valence-corrected chi connectivity index (χ4v) is 3.22. The molecule has 0 N–H and O–H groups in total. The van der Waals surface area contributed by atoms with Crippen LogP contribution in [0, 0.1) is 0 Å². The largest absolute Gasteiger partial charge is 0.107 e. The normalized spacial score (nSPS) is 32.0. The van der Waals surface area contributed by atoms with Gasteiger partial charge in [0.25, 0.3) is 0 Å². The Hall–Kier alpha value is -0.610. The quantitative estimate of drug-likeness (QED) is 0.585. The van der Waals surface area contributed by atoms with Gasteiger partial charge in [-0.2, -0.15) is 0 Å². The molecule has 0 aromatic rings. The van der Waals surface area contributed by atoms with Crippen LogP contribution < -0.4 is 0 Å². The third-order valence-electron chi connectivity index (χ3n) is 2.39. The van der Waals surface area contributed by atoms with Gasteiger partial charge in [-0.3, -0.25) is 0 Å². The van der Waals surface area contributed by atoms with E-state index in [4.69, 9.17) is 0 Å². The van der Waals surface area contributed by atoms with Crippen LogP contribution in [-0.4, -0.2) is 11.3 Å². The molecule has 1 heteroatoms. The molecule has 0 radical (unpaired) electrons. The minimum atomic E-state index is 0.797. The van der Waals surface area contributed by atoms with Gasteiger partial charge in [0.15, 0.2) is 0 Å². The van der Waals surface area contributed by atoms with Gasteiger partial charge in [-0.15, -0.1) is 8.58 Å². The molecule has 68 valence electrons. The van der Waals surface area contributed by atoms with E-state index in [0.29, 0.717) is 0 Å². The van der Waals surface area contributed by atoms with Gasteiger partial charge in [-0.1, -0.05) is 48.6 Å². The highest BCUT2D eigenvalue weighted by atomic mass is 31.1. The van der Waals surface area contributed by atoms with Crippen molar-refractivity contribution in [2.45, 2.75) is 24.2 Å². The molecule has 3 atom stereocenters. The zero-order valence-corrected chi connectivity index (χ0v) is 8.69. The summed E-state index contributed by atoms with van der Waals surface area (Å²) < 4.78 is 0. The summed E-state index contributed by atoms with van der Waals surface area (Å²) in [6.07, 6.45) is 20.4. The van der Waals surface area contributed by atoms with E-state index in [1.54, 1.807) is 0 Å². The summed E-state index contributed by atoms with van der Waals surface area (Å²) in [6, 6.07) is 0. The monoisotopic (exact) mass is 190 g/mol. The second kappa shape index (κ2) is 4.58. The van der Waals surface area contributed by atoms with E-state index in [9.17, 15) is 0 Å². The number of rotatable bonds is 2. The van der Waals surface area contributed by atoms with Crippen LogP contribution in [0.4, 0.5) is 0 Å². The van der Waals surface area contributed by atoms with Crippen molar-refractivity contribution in [3.63, 3.8) is 0 Å². The first-order valence-electron chi connectivity index (χ1n) is 4.88. The van der Waals surface area contributed by atoms with Gasteiger partial charge in [0, 0.05) is 0 Å². The van der Waals surface area contributed by atoms with Gasteiger partial charge >= 0.3 is 0 Å². The van der Waals surface area contributed by atoms with Crippen LogP contribution in [0.25, 0.3) is 0 Å². The van der Waals surface area contributed by atoms with Gasteiger partial charge in [0.05, 0.1) is 0 Å². The predicted octanol–water partition coefficient (Wildman–Crippen LogP) is 3.43. The Morgan fingerprint density at radius 3 is 1.69 bits per heavy atom. The first-order chi connectivity index (χ1) is 6.45. The Balaban J connectivity index is 1.84. The van der Waals surface area contributed by atoms with Crippen LogP contribution in [0.3, 0.4) is 0 Å². The summed E-state index contributed by atoms with van der Waals surface area (Å²) in [4.78, 5) is 0. The van der Waals surface area contributed by atoms with E-state index in [1.165, 1.54) is 12.8 Å². The molecule has 2 unspecified atom stereocenters. The molecule has 0 saturated carbocycles. The summed E-state index contributed by atoms with van der Waals surface area (Å²) in [5.74, 6) is 0. The third kappa shape index (κ3) is 2.67. The summed E-state index contributed by atoms with van der Waals surface area (Å²) in [5, 5.41) is 0. The van der Waals surface area contributed by atoms with E-state index >= 15 is 0 Å². The lowest BCUT2D eigenvalue weighted by molar-refractivity contribution is 0.992. The standard InChI is InChI=1S/C12H15P/c1-3-7-11(8-4-1)13-12-9-5-2-6-10-12/h1-7,9,11-13H,8,10H2/t11-,12?/m1/s1. The zero-order chi connectivity index (χ0) is 8.93. The highest BCUT2D eigenvalue weighted by Crippen LogP contribution is 2.34. The zero-order valence-electron chi connectivity index (χ0n) is 7.69. The minimum absolute atomic E-state index is 0.797. The van der Waals surface area contributed by atoms with Crippen LogP contribution in [-0.2, 0) is 0 Å². The highest BCUT2D eigenvalue weighted by molar-refractivity contribution is 7.40. The second-order valence-corrected chi connectivity index (χ2v) is 5.29. The van der Waals surface area contributed by atoms with Crippen molar-refractivity contribution in [3.8, 4) is 0 Å². The molecule has 2 rings (SSSR count). The molecule has 0 aromatic carbocycles. The molecule has 0 nitrogen and oxygen atoms in total. The number of hydrogen-bond donors (Lipinski definition) is 0. The Labute approximate surface area is 81.9 Å². The average Bonchev–Trinajstić information content (AvgIpc) is 2.21. The highest BCUT2D eigenvalue weighted by Gasteiger charge is 2.11. The minimum Gasteiger partial charge on any atom is -0.107 e. The van der Waals surface area contributed by atoms with E-state index < -0.39 is 0 Å². The first-order valence-corrected chi connectivity index (χ1v) is 6.03. The fraction of sp³-hybridized carbons (Fsp3) is 0.333. The molecule has 2 aliphatic rings. The maximum Gasteiger partial charge on any atom is -0.00141 e. The van der Waals surface area contributed by atoms with Gasteiger partial charge in [-0.25, -0.2) is 0 Å². The van der Waals surface area contributed by atoms with Crippen LogP contribution >= 0.6 is 8.58 Å². The molecule has 0 bridgehead atoms. The van der Waals surface area contributed by atoms with Gasteiger partial charge in [-0.05, 0) is 24.2 Å². The van der Waals surface area contributed by atoms with Crippen molar-refractivity contribution in [2.75, 3.05) is 0 Å². The molecule has 0 aliphatic heterocycles. The molecule has 0 aromatic heterocycles. The fourth-order valence-electron chi connectivity index (χ4n) is 1.68. The molecule has 0 saturated heterocycles. The Kier molecular flexibility index (Phi) is 3.16. The number of allylic oxidation sites excluding steroid dienone is 8. The van der Waals surface area contributed by atoms with Crippen molar-refractivity contribution in [3.05, 3.63) is 48.6 Å². The smallest absolute Gasteiger partial charge is 0.00141 e. The Morgan fingerprint density at radius 2 is 1.31 bits per heavy atom. The summed E-state index contributed by atoms with van der Waals surface area (Å²) >= 11 is 0. The molecule has 0 fully saturated rings. The summed E-state index contributed by atoms with van der Waals surface area (Å²) in [6.45, 7) is 0. The lowest BCUT2D eigenvalue weighted by Gasteiger charge is -2.19. The van der Waals surface area contributed by atoms with E-state index in [2.05, 4.69) is 48.6 Å². The Morgan fingerprint density at radius 1 is 0.769 bits per heavy atom. The van der Waals surface area contributed by atoms with Crippen molar-refractivity contribution in [2.24, 2.45) is 0 Å². The maximum absolute atomic E-state index is 2.35. The molecule has 13 heavy (non-hydrogen) atoms. The predicted molar refractivity (Wildman–Crippen MR) is 61.7 cm³/mol. The number of hydrogen-bond acceptors (Lipinski definition) is 0. The van der Waals surface area contributed by atoms with Crippen LogP contribution in [0.2, 0.25) is 0 Å². The summed E-state index contributed by atoms with van der Waals surface area (Å²) in [7, 11) is 1.05. The van der Waals surface area contributed by atoms with E-state index in [0.717, 1.165) is 19.9 Å². The van der Waals surface area contributed by atoms with Gasteiger partial charge in [0.2, 0.25) is 0 Å². The van der Waals surface area contributed by atoms with E-state index in [-0.39, 0.29) is 0 Å². The van der Waals surface area contributed by atoms with Crippen LogP contribution in [0.5, 0.6) is 0 Å². The molecule has 0 heterocycles. The van der Waals surface area contributed by atoms with Crippen LogP contribution in [0.1, 0.15) is 12.8 Å². The maximum atomic E-state index is 2.35. The molecule has 0 spiro atoms. The Bertz CT molecular complexity index is 243. The third-order valence-corrected chi connectivity index (χ3v) is 4.10. The molecule has 2 aliphatic carbocycles. The molecular formula is C12H15P. The van der Waals surface area contributed by atoms with E-state index in [1.807, 2.05) is 0 Å². The second-order valence-electron chi connectivity index (χ2n) is 3.48. The first kappa shape index (κ1) is 8.97. The lowest BCUT2D eigenvalue weighted by atomic mass is 10.2. The van der Waals surface area contributed by atoms with Crippen molar-refractivity contribution in [1.29, 1.82) is 0 Å². The van der Waals surface area contributed by atoms with Crippen molar-refractivity contribution < 1.29 is 0 Å². The average molecular weight is 190 g/mol. The van der Waals surface area contributed by atoms with Gasteiger partial charge in [0.1, 0.15) is 0 Å². The van der Waals surface area contributed by atoms with Crippen molar-refractivity contribution >= 4 is 8.58 Å². The summed E-state index contributed by atoms with van der Waals surface area (Å²) in [5.41, 5.74) is 1.59. The topological polar surface area (TPSA) is 0 Å². The lowest BCUT2D eigenvalue weighted by Crippen LogP contribution is -2.05. The van der Waals surface area contributed by atoms with Crippen LogP contribution in [0.15, 0.2) is 48.6 Å².